The minimum atomic E-state index is -0.600. The first kappa shape index (κ1) is 20.1. The van der Waals surface area contributed by atoms with E-state index < -0.39 is 11.9 Å². The lowest BCUT2D eigenvalue weighted by Crippen LogP contribution is -2.15. The van der Waals surface area contributed by atoms with Crippen LogP contribution in [0.1, 0.15) is 48.2 Å². The van der Waals surface area contributed by atoms with Gasteiger partial charge in [-0.3, -0.25) is 4.79 Å². The summed E-state index contributed by atoms with van der Waals surface area (Å²) < 4.78 is 16.8. The SMILES string of the molecule is COC(=O)c1ccc(-n2c(C)cc(C(=O)COC(=O)c3ccoc3C)c2C)cc1. The molecule has 29 heavy (non-hydrogen) atoms. The van der Waals surface area contributed by atoms with Crippen LogP contribution in [0.2, 0.25) is 0 Å². The summed E-state index contributed by atoms with van der Waals surface area (Å²) in [6.07, 6.45) is 1.40. The minimum Gasteiger partial charge on any atom is -0.469 e. The molecule has 0 saturated carbocycles. The van der Waals surface area contributed by atoms with Crippen molar-refractivity contribution in [2.75, 3.05) is 13.7 Å². The highest BCUT2D eigenvalue weighted by molar-refractivity contribution is 6.00. The monoisotopic (exact) mass is 395 g/mol. The molecule has 3 rings (SSSR count). The second-order valence-corrected chi connectivity index (χ2v) is 6.55. The van der Waals surface area contributed by atoms with Crippen LogP contribution >= 0.6 is 0 Å². The van der Waals surface area contributed by atoms with E-state index in [9.17, 15) is 14.4 Å². The number of ketones is 1. The van der Waals surface area contributed by atoms with Crippen LogP contribution in [0.3, 0.4) is 0 Å². The normalized spacial score (nSPS) is 10.6. The summed E-state index contributed by atoms with van der Waals surface area (Å²) >= 11 is 0. The van der Waals surface area contributed by atoms with Gasteiger partial charge in [-0.25, -0.2) is 9.59 Å². The zero-order chi connectivity index (χ0) is 21.1. The Labute approximate surface area is 167 Å². The average Bonchev–Trinajstić information content (AvgIpc) is 3.28. The first-order valence-corrected chi connectivity index (χ1v) is 8.95. The Hall–Kier alpha value is -3.61. The number of benzene rings is 1. The van der Waals surface area contributed by atoms with Gasteiger partial charge in [0.05, 0.1) is 18.9 Å². The zero-order valence-electron chi connectivity index (χ0n) is 16.6. The highest BCUT2D eigenvalue weighted by Gasteiger charge is 2.20. The first-order chi connectivity index (χ1) is 13.8. The van der Waals surface area contributed by atoms with Crippen LogP contribution in [-0.2, 0) is 9.47 Å². The topological polar surface area (TPSA) is 87.7 Å². The van der Waals surface area contributed by atoms with E-state index in [1.165, 1.54) is 19.4 Å². The summed E-state index contributed by atoms with van der Waals surface area (Å²) in [6.45, 7) is 4.97. The standard InChI is InChI=1S/C22H21NO6/c1-13-11-19(20(24)12-29-22(26)18-9-10-28-15(18)3)14(2)23(13)17-7-5-16(6-8-17)21(25)27-4/h5-11H,12H2,1-4H3. The number of Topliss-reactive ketones (excluding diaryl/α,β-unsaturated/α-hetero) is 1. The maximum Gasteiger partial charge on any atom is 0.342 e. The Morgan fingerprint density at radius 2 is 1.66 bits per heavy atom. The van der Waals surface area contributed by atoms with Crippen molar-refractivity contribution in [2.24, 2.45) is 0 Å². The molecule has 7 heteroatoms. The quantitative estimate of drug-likeness (QED) is 0.466. The number of methoxy groups -OCH3 is 1. The van der Waals surface area contributed by atoms with E-state index in [0.29, 0.717) is 28.1 Å². The third-order valence-corrected chi connectivity index (χ3v) is 4.69. The van der Waals surface area contributed by atoms with Crippen LogP contribution in [0, 0.1) is 20.8 Å². The Balaban J connectivity index is 1.78. The number of nitrogens with zero attached hydrogens (tertiary/aromatic N) is 1. The molecule has 1 aromatic carbocycles. The second-order valence-electron chi connectivity index (χ2n) is 6.55. The predicted molar refractivity (Wildman–Crippen MR) is 105 cm³/mol. The van der Waals surface area contributed by atoms with Crippen molar-refractivity contribution < 1.29 is 28.3 Å². The number of furan rings is 1. The van der Waals surface area contributed by atoms with Crippen LogP contribution in [-0.4, -0.2) is 36.0 Å². The van der Waals surface area contributed by atoms with Gasteiger partial charge in [0.1, 0.15) is 11.3 Å². The highest BCUT2D eigenvalue weighted by atomic mass is 16.5. The fraction of sp³-hybridized carbons (Fsp3) is 0.227. The summed E-state index contributed by atoms with van der Waals surface area (Å²) in [6, 6.07) is 10.1. The fourth-order valence-corrected chi connectivity index (χ4v) is 3.19. The molecule has 0 saturated heterocycles. The number of ether oxygens (including phenoxy) is 2. The molecule has 0 aliphatic heterocycles. The molecule has 0 aliphatic carbocycles. The third-order valence-electron chi connectivity index (χ3n) is 4.69. The fourth-order valence-electron chi connectivity index (χ4n) is 3.19. The van der Waals surface area contributed by atoms with Gasteiger partial charge in [0.25, 0.3) is 0 Å². The van der Waals surface area contributed by atoms with Gasteiger partial charge in [0.15, 0.2) is 6.61 Å². The van der Waals surface area contributed by atoms with Gasteiger partial charge in [-0.2, -0.15) is 0 Å². The van der Waals surface area contributed by atoms with Gasteiger partial charge >= 0.3 is 11.9 Å². The molecule has 0 unspecified atom stereocenters. The van der Waals surface area contributed by atoms with E-state index in [1.807, 2.05) is 18.4 Å². The van der Waals surface area contributed by atoms with Crippen molar-refractivity contribution in [3.63, 3.8) is 0 Å². The van der Waals surface area contributed by atoms with Crippen molar-refractivity contribution >= 4 is 17.7 Å². The molecule has 3 aromatic rings. The number of rotatable bonds is 6. The van der Waals surface area contributed by atoms with Crippen molar-refractivity contribution in [2.45, 2.75) is 20.8 Å². The van der Waals surface area contributed by atoms with E-state index in [0.717, 1.165) is 11.4 Å². The van der Waals surface area contributed by atoms with E-state index in [2.05, 4.69) is 0 Å². The number of hydrogen-bond acceptors (Lipinski definition) is 6. The molecule has 0 amide bonds. The molecule has 0 radical (unpaired) electrons. The number of aromatic nitrogens is 1. The lowest BCUT2D eigenvalue weighted by Gasteiger charge is -2.10. The van der Waals surface area contributed by atoms with Crippen molar-refractivity contribution in [3.8, 4) is 5.69 Å². The van der Waals surface area contributed by atoms with E-state index in [4.69, 9.17) is 13.9 Å². The predicted octanol–water partition coefficient (Wildman–Crippen LogP) is 3.82. The van der Waals surface area contributed by atoms with Gasteiger partial charge in [0.2, 0.25) is 5.78 Å². The van der Waals surface area contributed by atoms with Gasteiger partial charge < -0.3 is 18.5 Å². The minimum absolute atomic E-state index is 0.300. The molecule has 150 valence electrons. The summed E-state index contributed by atoms with van der Waals surface area (Å²) in [5, 5.41) is 0. The second kappa shape index (κ2) is 8.18. The van der Waals surface area contributed by atoms with Crippen molar-refractivity contribution in [1.29, 1.82) is 0 Å². The van der Waals surface area contributed by atoms with E-state index in [-0.39, 0.29) is 12.4 Å². The smallest absolute Gasteiger partial charge is 0.342 e. The molecule has 0 atom stereocenters. The number of carbonyl (C=O) groups is 3. The highest BCUT2D eigenvalue weighted by Crippen LogP contribution is 2.22. The lowest BCUT2D eigenvalue weighted by atomic mass is 10.1. The molecule has 2 heterocycles. The average molecular weight is 395 g/mol. The Kier molecular flexibility index (Phi) is 5.68. The summed E-state index contributed by atoms with van der Waals surface area (Å²) in [4.78, 5) is 36.3. The number of aryl methyl sites for hydroxylation is 2. The maximum atomic E-state index is 12.6. The summed E-state index contributed by atoms with van der Waals surface area (Å²) in [5.74, 6) is -0.874. The van der Waals surface area contributed by atoms with Crippen molar-refractivity contribution in [3.05, 3.63) is 76.5 Å². The summed E-state index contributed by atoms with van der Waals surface area (Å²) in [7, 11) is 1.33. The molecule has 7 nitrogen and oxygen atoms in total. The largest absolute Gasteiger partial charge is 0.469 e. The molecule has 0 aliphatic rings. The molecular formula is C22H21NO6. The Bertz CT molecular complexity index is 1070. The molecule has 0 N–H and O–H groups in total. The molecule has 0 spiro atoms. The van der Waals surface area contributed by atoms with Crippen LogP contribution in [0.15, 0.2) is 47.1 Å². The van der Waals surface area contributed by atoms with E-state index >= 15 is 0 Å². The zero-order valence-corrected chi connectivity index (χ0v) is 16.6. The summed E-state index contributed by atoms with van der Waals surface area (Å²) in [5.41, 5.74) is 3.57. The lowest BCUT2D eigenvalue weighted by molar-refractivity contribution is 0.0472. The number of carbonyl (C=O) groups excluding carboxylic acids is 3. The molecular weight excluding hydrogens is 374 g/mol. The van der Waals surface area contributed by atoms with Crippen LogP contribution < -0.4 is 0 Å². The molecule has 2 aromatic heterocycles. The van der Waals surface area contributed by atoms with Gasteiger partial charge in [0, 0.05) is 22.6 Å². The van der Waals surface area contributed by atoms with Crippen LogP contribution in [0.25, 0.3) is 5.69 Å². The molecule has 0 fully saturated rings. The van der Waals surface area contributed by atoms with Gasteiger partial charge in [-0.1, -0.05) is 0 Å². The Morgan fingerprint density at radius 1 is 0.966 bits per heavy atom. The van der Waals surface area contributed by atoms with Gasteiger partial charge in [-0.05, 0) is 57.2 Å². The number of esters is 2. The van der Waals surface area contributed by atoms with E-state index in [1.54, 1.807) is 37.3 Å². The van der Waals surface area contributed by atoms with Crippen LogP contribution in [0.4, 0.5) is 0 Å². The van der Waals surface area contributed by atoms with Gasteiger partial charge in [-0.15, -0.1) is 0 Å². The van der Waals surface area contributed by atoms with Crippen LogP contribution in [0.5, 0.6) is 0 Å². The van der Waals surface area contributed by atoms with Crippen molar-refractivity contribution in [1.82, 2.24) is 4.57 Å². The number of hydrogen-bond donors (Lipinski definition) is 0. The molecule has 0 bridgehead atoms. The maximum absolute atomic E-state index is 12.6. The first-order valence-electron chi connectivity index (χ1n) is 8.95. The third kappa shape index (κ3) is 3.99. The Morgan fingerprint density at radius 3 is 2.24 bits per heavy atom.